The summed E-state index contributed by atoms with van der Waals surface area (Å²) in [4.78, 5) is 26.4. The standard InChI is InChI=1S/C14H18N6O/c1-10-7-11(12-3-2-5-19(12)8-13(15)21)18-14(17-10)20-6-4-16-9-20/h4,6-7,9,12H,2-3,5,8H2,1H3,(H2,15,21). The molecule has 0 bridgehead atoms. The topological polar surface area (TPSA) is 89.9 Å². The molecule has 0 saturated carbocycles. The minimum absolute atomic E-state index is 0.126. The van der Waals surface area contributed by atoms with Crippen LogP contribution in [0.25, 0.3) is 5.95 Å². The molecule has 7 nitrogen and oxygen atoms in total. The zero-order chi connectivity index (χ0) is 14.8. The maximum atomic E-state index is 11.2. The monoisotopic (exact) mass is 286 g/mol. The Morgan fingerprint density at radius 3 is 3.05 bits per heavy atom. The molecule has 0 aromatic carbocycles. The summed E-state index contributed by atoms with van der Waals surface area (Å²) in [5, 5.41) is 0. The van der Waals surface area contributed by atoms with Crippen LogP contribution in [0.4, 0.5) is 0 Å². The lowest BCUT2D eigenvalue weighted by Gasteiger charge is -2.23. The molecule has 110 valence electrons. The SMILES string of the molecule is Cc1cc(C2CCCN2CC(N)=O)nc(-n2ccnc2)n1. The molecule has 1 aliphatic heterocycles. The minimum atomic E-state index is -0.303. The van der Waals surface area contributed by atoms with Gasteiger partial charge in [-0.3, -0.25) is 14.3 Å². The summed E-state index contributed by atoms with van der Waals surface area (Å²) in [5.41, 5.74) is 7.16. The Morgan fingerprint density at radius 2 is 2.33 bits per heavy atom. The van der Waals surface area contributed by atoms with Gasteiger partial charge in [-0.05, 0) is 32.4 Å². The average molecular weight is 286 g/mol. The summed E-state index contributed by atoms with van der Waals surface area (Å²) in [6.07, 6.45) is 7.21. The molecule has 7 heteroatoms. The first-order valence-corrected chi connectivity index (χ1v) is 7.00. The van der Waals surface area contributed by atoms with E-state index in [0.29, 0.717) is 5.95 Å². The zero-order valence-electron chi connectivity index (χ0n) is 11.9. The van der Waals surface area contributed by atoms with Gasteiger partial charge in [0.2, 0.25) is 11.9 Å². The molecule has 1 aliphatic rings. The van der Waals surface area contributed by atoms with E-state index < -0.39 is 0 Å². The molecule has 3 rings (SSSR count). The van der Waals surface area contributed by atoms with Crippen molar-refractivity contribution in [3.63, 3.8) is 0 Å². The van der Waals surface area contributed by atoms with Crippen LogP contribution in [0, 0.1) is 6.92 Å². The molecule has 2 aromatic heterocycles. The van der Waals surface area contributed by atoms with Crippen LogP contribution in [-0.2, 0) is 4.79 Å². The molecule has 1 fully saturated rings. The average Bonchev–Trinajstić information content (AvgIpc) is 3.07. The maximum absolute atomic E-state index is 11.2. The first kappa shape index (κ1) is 13.7. The summed E-state index contributed by atoms with van der Waals surface area (Å²) in [6, 6.07) is 2.10. The van der Waals surface area contributed by atoms with Gasteiger partial charge in [0.15, 0.2) is 0 Å². The Hall–Kier alpha value is -2.28. The van der Waals surface area contributed by atoms with E-state index in [1.165, 1.54) is 0 Å². The van der Waals surface area contributed by atoms with Crippen molar-refractivity contribution in [3.05, 3.63) is 36.2 Å². The van der Waals surface area contributed by atoms with Crippen LogP contribution in [0.1, 0.15) is 30.3 Å². The smallest absolute Gasteiger partial charge is 0.235 e. The molecule has 0 radical (unpaired) electrons. The molecule has 1 amide bonds. The summed E-state index contributed by atoms with van der Waals surface area (Å²) in [6.45, 7) is 3.09. The van der Waals surface area contributed by atoms with Gasteiger partial charge in [0.05, 0.1) is 18.3 Å². The second-order valence-corrected chi connectivity index (χ2v) is 5.30. The van der Waals surface area contributed by atoms with Crippen molar-refractivity contribution in [3.8, 4) is 5.95 Å². The number of likely N-dealkylation sites (tertiary alicyclic amines) is 1. The highest BCUT2D eigenvalue weighted by molar-refractivity contribution is 5.76. The van der Waals surface area contributed by atoms with E-state index >= 15 is 0 Å². The fourth-order valence-corrected chi connectivity index (χ4v) is 2.79. The lowest BCUT2D eigenvalue weighted by Crippen LogP contribution is -2.33. The lowest BCUT2D eigenvalue weighted by atomic mass is 10.1. The number of primary amides is 1. The van der Waals surface area contributed by atoms with E-state index in [1.807, 2.05) is 19.2 Å². The number of carbonyl (C=O) groups excluding carboxylic acids is 1. The second kappa shape index (κ2) is 5.61. The van der Waals surface area contributed by atoms with Gasteiger partial charge in [0.25, 0.3) is 0 Å². The molecule has 1 atom stereocenters. The third-order valence-electron chi connectivity index (χ3n) is 3.66. The number of nitrogens with zero attached hydrogens (tertiary/aromatic N) is 5. The fourth-order valence-electron chi connectivity index (χ4n) is 2.79. The van der Waals surface area contributed by atoms with Gasteiger partial charge < -0.3 is 5.73 Å². The van der Waals surface area contributed by atoms with Gasteiger partial charge in [0, 0.05) is 18.1 Å². The quantitative estimate of drug-likeness (QED) is 0.888. The molecule has 2 N–H and O–H groups in total. The molecule has 0 aliphatic carbocycles. The number of rotatable bonds is 4. The van der Waals surface area contributed by atoms with Crippen LogP contribution in [0.3, 0.4) is 0 Å². The van der Waals surface area contributed by atoms with Gasteiger partial charge in [-0.15, -0.1) is 0 Å². The van der Waals surface area contributed by atoms with Gasteiger partial charge in [-0.1, -0.05) is 0 Å². The van der Waals surface area contributed by atoms with Crippen molar-refractivity contribution in [1.29, 1.82) is 0 Å². The highest BCUT2D eigenvalue weighted by Crippen LogP contribution is 2.30. The van der Waals surface area contributed by atoms with E-state index in [1.54, 1.807) is 17.1 Å². The van der Waals surface area contributed by atoms with Gasteiger partial charge in [-0.25, -0.2) is 15.0 Å². The van der Waals surface area contributed by atoms with Crippen molar-refractivity contribution in [2.45, 2.75) is 25.8 Å². The third-order valence-corrected chi connectivity index (χ3v) is 3.66. The van der Waals surface area contributed by atoms with Crippen LogP contribution >= 0.6 is 0 Å². The van der Waals surface area contributed by atoms with Crippen LogP contribution in [-0.4, -0.2) is 43.4 Å². The van der Waals surface area contributed by atoms with Crippen molar-refractivity contribution in [2.24, 2.45) is 5.73 Å². The second-order valence-electron chi connectivity index (χ2n) is 5.30. The number of amides is 1. The largest absolute Gasteiger partial charge is 0.369 e. The van der Waals surface area contributed by atoms with E-state index in [2.05, 4.69) is 19.9 Å². The summed E-state index contributed by atoms with van der Waals surface area (Å²) < 4.78 is 1.78. The van der Waals surface area contributed by atoms with E-state index in [4.69, 9.17) is 5.73 Å². The highest BCUT2D eigenvalue weighted by atomic mass is 16.1. The number of hydrogen-bond acceptors (Lipinski definition) is 5. The normalized spacial score (nSPS) is 19.0. The van der Waals surface area contributed by atoms with Crippen molar-refractivity contribution in [2.75, 3.05) is 13.1 Å². The minimum Gasteiger partial charge on any atom is -0.369 e. The van der Waals surface area contributed by atoms with Gasteiger partial charge in [-0.2, -0.15) is 0 Å². The van der Waals surface area contributed by atoms with E-state index in [-0.39, 0.29) is 18.5 Å². The Morgan fingerprint density at radius 1 is 1.48 bits per heavy atom. The third kappa shape index (κ3) is 2.92. The van der Waals surface area contributed by atoms with Gasteiger partial charge in [0.1, 0.15) is 6.33 Å². The lowest BCUT2D eigenvalue weighted by molar-refractivity contribution is -0.119. The number of nitrogens with two attached hydrogens (primary N) is 1. The molecule has 1 unspecified atom stereocenters. The van der Waals surface area contributed by atoms with Crippen LogP contribution in [0.2, 0.25) is 0 Å². The maximum Gasteiger partial charge on any atom is 0.235 e. The highest BCUT2D eigenvalue weighted by Gasteiger charge is 2.28. The Balaban J connectivity index is 1.93. The molecular formula is C14H18N6O. The number of imidazole rings is 1. The summed E-state index contributed by atoms with van der Waals surface area (Å²) in [5.74, 6) is 0.302. The predicted octanol–water partition coefficient (Wildman–Crippen LogP) is 0.593. The summed E-state index contributed by atoms with van der Waals surface area (Å²) >= 11 is 0. The van der Waals surface area contributed by atoms with Crippen LogP contribution in [0.15, 0.2) is 24.8 Å². The molecular weight excluding hydrogens is 268 g/mol. The number of hydrogen-bond donors (Lipinski definition) is 1. The Labute approximate surface area is 122 Å². The van der Waals surface area contributed by atoms with Crippen molar-refractivity contribution < 1.29 is 4.79 Å². The summed E-state index contributed by atoms with van der Waals surface area (Å²) in [7, 11) is 0. The molecule has 21 heavy (non-hydrogen) atoms. The molecule has 2 aromatic rings. The molecule has 0 spiro atoms. The molecule has 1 saturated heterocycles. The van der Waals surface area contributed by atoms with Crippen LogP contribution < -0.4 is 5.73 Å². The first-order valence-electron chi connectivity index (χ1n) is 7.00. The number of aromatic nitrogens is 4. The van der Waals surface area contributed by atoms with Crippen LogP contribution in [0.5, 0.6) is 0 Å². The predicted molar refractivity (Wildman–Crippen MR) is 76.6 cm³/mol. The first-order chi connectivity index (χ1) is 10.1. The Kier molecular flexibility index (Phi) is 3.66. The van der Waals surface area contributed by atoms with E-state index in [0.717, 1.165) is 30.8 Å². The van der Waals surface area contributed by atoms with Gasteiger partial charge >= 0.3 is 0 Å². The van der Waals surface area contributed by atoms with Crippen molar-refractivity contribution in [1.82, 2.24) is 24.4 Å². The van der Waals surface area contributed by atoms with Crippen molar-refractivity contribution >= 4 is 5.91 Å². The Bertz CT molecular complexity index is 639. The zero-order valence-corrected chi connectivity index (χ0v) is 11.9. The number of aryl methyl sites for hydroxylation is 1. The molecule has 3 heterocycles. The van der Waals surface area contributed by atoms with E-state index in [9.17, 15) is 4.79 Å². The fraction of sp³-hybridized carbons (Fsp3) is 0.429. The number of carbonyl (C=O) groups is 1.